The molecule has 0 aromatic rings. The Kier molecular flexibility index (Phi) is 51.1. The first kappa shape index (κ1) is 63.8. The van der Waals surface area contributed by atoms with E-state index in [2.05, 4.69) is 62.5 Å². The summed E-state index contributed by atoms with van der Waals surface area (Å²) in [6.07, 6.45) is 71.9. The van der Waals surface area contributed by atoms with E-state index < -0.39 is 18.2 Å². The van der Waals surface area contributed by atoms with Gasteiger partial charge in [-0.25, -0.2) is 0 Å². The number of hydrogen-bond acceptors (Lipinski definition) is 5. The lowest BCUT2D eigenvalue weighted by Gasteiger charge is -2.24. The van der Waals surface area contributed by atoms with Gasteiger partial charge in [-0.3, -0.25) is 9.59 Å². The van der Waals surface area contributed by atoms with Gasteiger partial charge < -0.3 is 20.3 Å². The second-order valence-corrected chi connectivity index (χ2v) is 18.8. The molecule has 3 atom stereocenters. The van der Waals surface area contributed by atoms with Crippen molar-refractivity contribution in [1.29, 1.82) is 0 Å². The molecule has 0 aromatic heterocycles. The number of carbonyl (C=O) groups is 2. The van der Waals surface area contributed by atoms with Gasteiger partial charge >= 0.3 is 5.97 Å². The van der Waals surface area contributed by atoms with E-state index in [1.165, 1.54) is 135 Å². The van der Waals surface area contributed by atoms with E-state index in [9.17, 15) is 19.8 Å². The molecule has 1 amide bonds. The summed E-state index contributed by atoms with van der Waals surface area (Å²) in [7, 11) is 0. The van der Waals surface area contributed by atoms with E-state index in [4.69, 9.17) is 4.74 Å². The maximum absolute atomic E-state index is 13.2. The van der Waals surface area contributed by atoms with Crippen molar-refractivity contribution in [2.24, 2.45) is 0 Å². The van der Waals surface area contributed by atoms with Gasteiger partial charge in [0.2, 0.25) is 5.91 Å². The van der Waals surface area contributed by atoms with Crippen molar-refractivity contribution < 1.29 is 24.5 Å². The highest BCUT2D eigenvalue weighted by molar-refractivity contribution is 5.77. The maximum Gasteiger partial charge on any atom is 0.306 e. The minimum atomic E-state index is -0.819. The van der Waals surface area contributed by atoms with Crippen LogP contribution in [0.4, 0.5) is 0 Å². The summed E-state index contributed by atoms with van der Waals surface area (Å²) in [5.74, 6) is -0.583. The molecule has 0 saturated heterocycles. The number of aliphatic hydroxyl groups excluding tert-OH is 2. The molecule has 6 heteroatoms. The zero-order valence-electron chi connectivity index (χ0n) is 43.8. The Hall–Kier alpha value is -3.22. The van der Waals surface area contributed by atoms with Crippen molar-refractivity contribution in [3.8, 4) is 0 Å². The molecule has 0 saturated carbocycles. The Morgan fingerprint density at radius 3 is 1.27 bits per heavy atom. The molecule has 384 valence electrons. The molecule has 6 nitrogen and oxygen atoms in total. The van der Waals surface area contributed by atoms with E-state index in [-0.39, 0.29) is 24.9 Å². The molecule has 3 N–H and O–H groups in total. The molecule has 0 fully saturated rings. The van der Waals surface area contributed by atoms with Crippen molar-refractivity contribution >= 4 is 11.9 Å². The zero-order valence-corrected chi connectivity index (χ0v) is 43.8. The van der Waals surface area contributed by atoms with Gasteiger partial charge in [0, 0.05) is 6.42 Å². The second-order valence-electron chi connectivity index (χ2n) is 18.8. The predicted molar refractivity (Wildman–Crippen MR) is 291 cm³/mol. The summed E-state index contributed by atoms with van der Waals surface area (Å²) in [6.45, 7) is 6.32. The minimum Gasteiger partial charge on any atom is -0.462 e. The highest BCUT2D eigenvalue weighted by Gasteiger charge is 2.24. The molecule has 0 rings (SSSR count). The van der Waals surface area contributed by atoms with Crippen LogP contribution in [0.25, 0.3) is 0 Å². The van der Waals surface area contributed by atoms with Crippen LogP contribution in [0.5, 0.6) is 0 Å². The van der Waals surface area contributed by atoms with Crippen LogP contribution in [-0.2, 0) is 14.3 Å². The molecule has 0 bridgehead atoms. The molecule has 0 aliphatic rings. The average molecular weight is 933 g/mol. The Labute approximate surface area is 414 Å². The lowest BCUT2D eigenvalue weighted by Crippen LogP contribution is -2.46. The summed E-state index contributed by atoms with van der Waals surface area (Å²) in [4.78, 5) is 26.2. The number of nitrogens with one attached hydrogen (secondary N) is 1. The smallest absolute Gasteiger partial charge is 0.306 e. The number of carbonyl (C=O) groups excluding carboxylic acids is 2. The first-order valence-corrected chi connectivity index (χ1v) is 28.1. The number of allylic oxidation sites excluding steroid dienone is 16. The molecule has 0 aromatic carbocycles. The standard InChI is InChI=1S/C61H105NO5/c1-4-7-10-13-16-19-22-25-28-30-32-35-38-41-44-47-50-53-59(64)58(56-63)62-60(65)55-57(52-49-46-43-40-37-34-31-27-24-21-18-15-12-9-6-3)67-61(66)54-51-48-45-42-39-36-33-29-26-23-20-17-14-11-8-5-2/h9,12,15,18,21,24,27,29,31,33-34,36-37,39-40,43,57-59,63-64H,4-8,10-11,13-14,16-17,19-20,22-23,25-26,28,30,32,35,38,41-42,44-56H2,1-3H3,(H,62,65)/b12-9-,18-15+,24-21+,31-27-,33-29+,37-34+,39-36+,43-40+. The van der Waals surface area contributed by atoms with Gasteiger partial charge in [0.25, 0.3) is 0 Å². The third-order valence-electron chi connectivity index (χ3n) is 12.3. The van der Waals surface area contributed by atoms with Crippen LogP contribution in [0.3, 0.4) is 0 Å². The van der Waals surface area contributed by atoms with Gasteiger partial charge in [0.15, 0.2) is 0 Å². The van der Waals surface area contributed by atoms with Crippen molar-refractivity contribution in [1.82, 2.24) is 5.32 Å². The van der Waals surface area contributed by atoms with Crippen LogP contribution in [0.2, 0.25) is 0 Å². The molecule has 0 heterocycles. The first-order chi connectivity index (χ1) is 33.0. The van der Waals surface area contributed by atoms with Gasteiger partial charge in [-0.1, -0.05) is 272 Å². The summed E-state index contributed by atoms with van der Waals surface area (Å²) in [5.41, 5.74) is 0. The minimum absolute atomic E-state index is 0.0113. The fraction of sp³-hybridized carbons (Fsp3) is 0.705. The van der Waals surface area contributed by atoms with Gasteiger partial charge in [-0.15, -0.1) is 0 Å². The number of ether oxygens (including phenoxy) is 1. The Bertz CT molecular complexity index is 1320. The normalized spacial score (nSPS) is 13.9. The van der Waals surface area contributed by atoms with Crippen LogP contribution in [0.1, 0.15) is 252 Å². The van der Waals surface area contributed by atoms with Crippen LogP contribution in [0, 0.1) is 0 Å². The average Bonchev–Trinajstić information content (AvgIpc) is 3.32. The maximum atomic E-state index is 13.2. The molecule has 0 radical (unpaired) electrons. The number of hydrogen-bond donors (Lipinski definition) is 3. The number of amides is 1. The fourth-order valence-electron chi connectivity index (χ4n) is 8.11. The lowest BCUT2D eigenvalue weighted by atomic mass is 10.0. The fourth-order valence-corrected chi connectivity index (χ4v) is 8.11. The number of esters is 1. The summed E-state index contributed by atoms with van der Waals surface area (Å²) in [5, 5.41) is 23.8. The van der Waals surface area contributed by atoms with Crippen molar-refractivity contribution in [2.75, 3.05) is 6.61 Å². The van der Waals surface area contributed by atoms with Crippen LogP contribution in [0.15, 0.2) is 97.2 Å². The third kappa shape index (κ3) is 49.0. The Morgan fingerprint density at radius 2 is 0.821 bits per heavy atom. The largest absolute Gasteiger partial charge is 0.462 e. The van der Waals surface area contributed by atoms with Crippen LogP contribution < -0.4 is 5.32 Å². The van der Waals surface area contributed by atoms with Gasteiger partial charge in [-0.05, 0) is 64.2 Å². The van der Waals surface area contributed by atoms with E-state index in [1.54, 1.807) is 0 Å². The van der Waals surface area contributed by atoms with E-state index in [0.717, 1.165) is 70.6 Å². The highest BCUT2D eigenvalue weighted by atomic mass is 16.5. The molecule has 67 heavy (non-hydrogen) atoms. The van der Waals surface area contributed by atoms with E-state index >= 15 is 0 Å². The zero-order chi connectivity index (χ0) is 48.8. The first-order valence-electron chi connectivity index (χ1n) is 28.1. The summed E-state index contributed by atoms with van der Waals surface area (Å²) in [6, 6.07) is -0.738. The monoisotopic (exact) mass is 932 g/mol. The van der Waals surface area contributed by atoms with E-state index in [1.807, 2.05) is 60.8 Å². The topological polar surface area (TPSA) is 95.9 Å². The predicted octanol–water partition coefficient (Wildman–Crippen LogP) is 17.3. The molecular formula is C61H105NO5. The van der Waals surface area contributed by atoms with Crippen molar-refractivity contribution in [3.63, 3.8) is 0 Å². The second kappa shape index (κ2) is 53.7. The summed E-state index contributed by atoms with van der Waals surface area (Å²) >= 11 is 0. The molecular weight excluding hydrogens is 827 g/mol. The Balaban J connectivity index is 4.71. The number of unbranched alkanes of at least 4 members (excludes halogenated alkanes) is 27. The Morgan fingerprint density at radius 1 is 0.448 bits per heavy atom. The molecule has 0 aliphatic heterocycles. The van der Waals surface area contributed by atoms with Gasteiger partial charge in [0.1, 0.15) is 6.10 Å². The molecule has 0 spiro atoms. The van der Waals surface area contributed by atoms with Gasteiger partial charge in [-0.2, -0.15) is 0 Å². The van der Waals surface area contributed by atoms with Crippen LogP contribution >= 0.6 is 0 Å². The van der Waals surface area contributed by atoms with Crippen LogP contribution in [-0.4, -0.2) is 46.9 Å². The highest BCUT2D eigenvalue weighted by Crippen LogP contribution is 2.17. The molecule has 0 aliphatic carbocycles. The summed E-state index contributed by atoms with van der Waals surface area (Å²) < 4.78 is 5.90. The number of rotatable bonds is 49. The molecule has 3 unspecified atom stereocenters. The quantitative estimate of drug-likeness (QED) is 0.0321. The van der Waals surface area contributed by atoms with E-state index in [0.29, 0.717) is 19.3 Å². The SMILES string of the molecule is CC\C=C/C=C/C=C/C=C\C=C\C=C\CCCC(CC(=O)NC(CO)C(O)CCCCCCCCCCCCCCCCCCC)OC(=O)CCCCC/C=C/C=C/CCCCCCCCC. The van der Waals surface area contributed by atoms with Gasteiger partial charge in [0.05, 0.1) is 25.2 Å². The van der Waals surface area contributed by atoms with Crippen molar-refractivity contribution in [3.05, 3.63) is 97.2 Å². The van der Waals surface area contributed by atoms with Crippen molar-refractivity contribution in [2.45, 2.75) is 270 Å². The number of aliphatic hydroxyl groups is 2. The lowest BCUT2D eigenvalue weighted by molar-refractivity contribution is -0.151. The third-order valence-corrected chi connectivity index (χ3v) is 12.3.